The number of hydrogen-bond donors (Lipinski definition) is 2. The van der Waals surface area contributed by atoms with Crippen LogP contribution in [-0.4, -0.2) is 38.3 Å². The molecule has 0 aromatic heterocycles. The molecule has 3 aliphatic rings. The summed E-state index contributed by atoms with van der Waals surface area (Å²) < 4.78 is 5.43. The van der Waals surface area contributed by atoms with E-state index < -0.39 is 0 Å². The molecule has 0 radical (unpaired) electrons. The van der Waals surface area contributed by atoms with E-state index in [4.69, 9.17) is 4.74 Å². The predicted molar refractivity (Wildman–Crippen MR) is 78.4 cm³/mol. The van der Waals surface area contributed by atoms with Crippen LogP contribution >= 0.6 is 0 Å². The van der Waals surface area contributed by atoms with E-state index in [9.17, 15) is 4.79 Å². The van der Waals surface area contributed by atoms with Crippen LogP contribution in [0.15, 0.2) is 0 Å². The van der Waals surface area contributed by atoms with E-state index in [0.717, 1.165) is 52.0 Å². The zero-order valence-electron chi connectivity index (χ0n) is 12.6. The standard InChI is InChI=1S/C16H28N2O2/c1-2-14(12-3-9-20-10-4-12)18-15(19)13-11-16(13)5-7-17-8-6-16/h12-14,17H,2-11H2,1H3,(H,18,19). The minimum Gasteiger partial charge on any atom is -0.381 e. The van der Waals surface area contributed by atoms with Crippen LogP contribution in [0.25, 0.3) is 0 Å². The third-order valence-corrected chi connectivity index (χ3v) is 5.71. The van der Waals surface area contributed by atoms with Gasteiger partial charge in [0.25, 0.3) is 0 Å². The van der Waals surface area contributed by atoms with Crippen LogP contribution in [0.5, 0.6) is 0 Å². The van der Waals surface area contributed by atoms with Crippen LogP contribution in [0.2, 0.25) is 0 Å². The normalized spacial score (nSPS) is 30.9. The van der Waals surface area contributed by atoms with Gasteiger partial charge >= 0.3 is 0 Å². The lowest BCUT2D eigenvalue weighted by molar-refractivity contribution is -0.124. The molecule has 1 amide bonds. The minimum atomic E-state index is 0.290. The van der Waals surface area contributed by atoms with Crippen molar-refractivity contribution in [2.45, 2.75) is 51.5 Å². The average Bonchev–Trinajstić information content (AvgIpc) is 3.19. The number of hydrogen-bond acceptors (Lipinski definition) is 3. The van der Waals surface area contributed by atoms with Crippen molar-refractivity contribution < 1.29 is 9.53 Å². The first-order chi connectivity index (χ1) is 9.75. The molecule has 3 rings (SSSR count). The molecule has 2 atom stereocenters. The third kappa shape index (κ3) is 2.86. The van der Waals surface area contributed by atoms with Crippen molar-refractivity contribution in [3.8, 4) is 0 Å². The molecule has 20 heavy (non-hydrogen) atoms. The molecule has 114 valence electrons. The summed E-state index contributed by atoms with van der Waals surface area (Å²) in [6.07, 6.45) is 6.71. The van der Waals surface area contributed by atoms with Gasteiger partial charge in [0.2, 0.25) is 5.91 Å². The molecule has 0 bridgehead atoms. The van der Waals surface area contributed by atoms with Gasteiger partial charge in [-0.3, -0.25) is 4.79 Å². The number of carbonyl (C=O) groups excluding carboxylic acids is 1. The maximum Gasteiger partial charge on any atom is 0.223 e. The Balaban J connectivity index is 1.52. The highest BCUT2D eigenvalue weighted by molar-refractivity contribution is 5.82. The SMILES string of the molecule is CCC(NC(=O)C1CC12CCNCC2)C1CCOCC1. The Morgan fingerprint density at radius 2 is 2.05 bits per heavy atom. The maximum atomic E-state index is 12.5. The summed E-state index contributed by atoms with van der Waals surface area (Å²) in [6, 6.07) is 0.353. The van der Waals surface area contributed by atoms with Crippen LogP contribution in [0, 0.1) is 17.3 Å². The highest BCUT2D eigenvalue weighted by atomic mass is 16.5. The Labute approximate surface area is 122 Å². The van der Waals surface area contributed by atoms with Gasteiger partial charge in [0.05, 0.1) is 0 Å². The van der Waals surface area contributed by atoms with E-state index in [2.05, 4.69) is 17.6 Å². The Morgan fingerprint density at radius 1 is 1.35 bits per heavy atom. The van der Waals surface area contributed by atoms with Gasteiger partial charge in [-0.05, 0) is 62.9 Å². The van der Waals surface area contributed by atoms with Crippen molar-refractivity contribution in [3.05, 3.63) is 0 Å². The van der Waals surface area contributed by atoms with E-state index in [-0.39, 0.29) is 0 Å². The van der Waals surface area contributed by atoms with Crippen LogP contribution < -0.4 is 10.6 Å². The fraction of sp³-hybridized carbons (Fsp3) is 0.938. The van der Waals surface area contributed by atoms with Crippen molar-refractivity contribution >= 4 is 5.91 Å². The van der Waals surface area contributed by atoms with Crippen LogP contribution in [0.3, 0.4) is 0 Å². The second-order valence-corrected chi connectivity index (χ2v) is 6.84. The van der Waals surface area contributed by atoms with Gasteiger partial charge in [0.15, 0.2) is 0 Å². The van der Waals surface area contributed by atoms with Crippen LogP contribution in [0.1, 0.15) is 45.4 Å². The van der Waals surface area contributed by atoms with Gasteiger partial charge < -0.3 is 15.4 Å². The van der Waals surface area contributed by atoms with Gasteiger partial charge in [-0.2, -0.15) is 0 Å². The summed E-state index contributed by atoms with van der Waals surface area (Å²) in [4.78, 5) is 12.5. The highest BCUT2D eigenvalue weighted by Gasteiger charge is 2.57. The summed E-state index contributed by atoms with van der Waals surface area (Å²) in [5.41, 5.74) is 0.350. The molecule has 0 aromatic carbocycles. The van der Waals surface area contributed by atoms with E-state index in [1.54, 1.807) is 0 Å². The van der Waals surface area contributed by atoms with Gasteiger partial charge in [0.1, 0.15) is 0 Å². The molecule has 2 N–H and O–H groups in total. The van der Waals surface area contributed by atoms with Crippen LogP contribution in [-0.2, 0) is 9.53 Å². The fourth-order valence-corrected chi connectivity index (χ4v) is 4.15. The van der Waals surface area contributed by atoms with E-state index in [1.165, 1.54) is 12.8 Å². The lowest BCUT2D eigenvalue weighted by atomic mass is 9.89. The first-order valence-electron chi connectivity index (χ1n) is 8.34. The monoisotopic (exact) mass is 280 g/mol. The summed E-state index contributed by atoms with van der Waals surface area (Å²) in [7, 11) is 0. The van der Waals surface area contributed by atoms with Gasteiger partial charge in [-0.25, -0.2) is 0 Å². The molecule has 2 aliphatic heterocycles. The maximum absolute atomic E-state index is 12.5. The van der Waals surface area contributed by atoms with Crippen molar-refractivity contribution in [3.63, 3.8) is 0 Å². The van der Waals surface area contributed by atoms with Gasteiger partial charge in [-0.15, -0.1) is 0 Å². The molecule has 2 heterocycles. The Bertz CT molecular complexity index is 346. The summed E-state index contributed by atoms with van der Waals surface area (Å²) in [5, 5.41) is 6.75. The topological polar surface area (TPSA) is 50.4 Å². The zero-order chi connectivity index (χ0) is 14.0. The minimum absolute atomic E-state index is 0.290. The Hall–Kier alpha value is -0.610. The zero-order valence-corrected chi connectivity index (χ0v) is 12.6. The molecule has 2 saturated heterocycles. The smallest absolute Gasteiger partial charge is 0.223 e. The average molecular weight is 280 g/mol. The summed E-state index contributed by atoms with van der Waals surface area (Å²) >= 11 is 0. The molecule has 3 fully saturated rings. The Kier molecular flexibility index (Phi) is 4.32. The number of piperidine rings is 1. The quantitative estimate of drug-likeness (QED) is 0.824. The highest BCUT2D eigenvalue weighted by Crippen LogP contribution is 2.58. The first-order valence-corrected chi connectivity index (χ1v) is 8.34. The summed E-state index contributed by atoms with van der Waals surface area (Å²) in [6.45, 7) is 6.07. The molecule has 1 aliphatic carbocycles. The number of carbonyl (C=O) groups is 1. The van der Waals surface area contributed by atoms with E-state index in [0.29, 0.717) is 29.2 Å². The van der Waals surface area contributed by atoms with Crippen molar-refractivity contribution in [2.24, 2.45) is 17.3 Å². The van der Waals surface area contributed by atoms with Gasteiger partial charge in [-0.1, -0.05) is 6.92 Å². The second kappa shape index (κ2) is 6.02. The lowest BCUT2D eigenvalue weighted by Gasteiger charge is -2.31. The van der Waals surface area contributed by atoms with Crippen molar-refractivity contribution in [1.82, 2.24) is 10.6 Å². The number of ether oxygens (including phenoxy) is 1. The van der Waals surface area contributed by atoms with Gasteiger partial charge in [0, 0.05) is 25.2 Å². The number of amides is 1. The van der Waals surface area contributed by atoms with Crippen molar-refractivity contribution in [1.29, 1.82) is 0 Å². The second-order valence-electron chi connectivity index (χ2n) is 6.84. The fourth-order valence-electron chi connectivity index (χ4n) is 4.15. The third-order valence-electron chi connectivity index (χ3n) is 5.71. The van der Waals surface area contributed by atoms with E-state index >= 15 is 0 Å². The molecule has 4 heteroatoms. The van der Waals surface area contributed by atoms with E-state index in [1.807, 2.05) is 0 Å². The molecule has 4 nitrogen and oxygen atoms in total. The largest absolute Gasteiger partial charge is 0.381 e. The first kappa shape index (κ1) is 14.3. The molecule has 1 spiro atoms. The molecule has 1 saturated carbocycles. The lowest BCUT2D eigenvalue weighted by Crippen LogP contribution is -2.43. The molecule has 0 aromatic rings. The summed E-state index contributed by atoms with van der Waals surface area (Å²) in [5.74, 6) is 1.23. The molecular formula is C16H28N2O2. The molecular weight excluding hydrogens is 252 g/mol. The predicted octanol–water partition coefficient (Wildman–Crippen LogP) is 1.70. The number of nitrogens with one attached hydrogen (secondary N) is 2. The number of rotatable bonds is 4. The molecule has 2 unspecified atom stereocenters. The Morgan fingerprint density at radius 3 is 2.70 bits per heavy atom. The van der Waals surface area contributed by atoms with Crippen molar-refractivity contribution in [2.75, 3.05) is 26.3 Å². The van der Waals surface area contributed by atoms with Crippen LogP contribution in [0.4, 0.5) is 0 Å².